The third-order valence-electron chi connectivity index (χ3n) is 3.31. The summed E-state index contributed by atoms with van der Waals surface area (Å²) in [6.45, 7) is 1.79. The molecule has 2 rings (SSSR count). The molecular weight excluding hydrogens is 294 g/mol. The van der Waals surface area contributed by atoms with Crippen molar-refractivity contribution in [3.05, 3.63) is 65.7 Å². The fourth-order valence-corrected chi connectivity index (χ4v) is 2.13. The maximum absolute atomic E-state index is 12.0. The minimum atomic E-state index is -0.972. The summed E-state index contributed by atoms with van der Waals surface area (Å²) in [4.78, 5) is 23.0. The molecule has 0 saturated heterocycles. The first-order valence-corrected chi connectivity index (χ1v) is 7.30. The molecule has 0 aliphatic carbocycles. The van der Waals surface area contributed by atoms with Gasteiger partial charge in [0.25, 0.3) is 5.91 Å². The van der Waals surface area contributed by atoms with E-state index in [2.05, 4.69) is 5.32 Å². The number of hydrogen-bond donors (Lipinski definition) is 2. The van der Waals surface area contributed by atoms with Gasteiger partial charge in [0.05, 0.1) is 12.5 Å². The van der Waals surface area contributed by atoms with Gasteiger partial charge in [0.2, 0.25) is 0 Å². The van der Waals surface area contributed by atoms with Gasteiger partial charge in [-0.25, -0.2) is 0 Å². The van der Waals surface area contributed by atoms with Crippen LogP contribution >= 0.6 is 0 Å². The number of para-hydroxylation sites is 1. The summed E-state index contributed by atoms with van der Waals surface area (Å²) < 4.78 is 5.37. The SMILES string of the molecule is Cc1ccc([C@@H](CC(=O)O)NC(=O)COc2ccccc2)cc1. The number of carboxylic acids is 1. The molecular formula is C18H19NO4. The Morgan fingerprint density at radius 1 is 1.09 bits per heavy atom. The van der Waals surface area contributed by atoms with Gasteiger partial charge in [-0.3, -0.25) is 9.59 Å². The number of nitrogens with one attached hydrogen (secondary N) is 1. The summed E-state index contributed by atoms with van der Waals surface area (Å²) in [5.74, 6) is -0.742. The molecule has 5 heteroatoms. The Hall–Kier alpha value is -2.82. The highest BCUT2D eigenvalue weighted by molar-refractivity contribution is 5.79. The van der Waals surface area contributed by atoms with Crippen molar-refractivity contribution < 1.29 is 19.4 Å². The topological polar surface area (TPSA) is 75.6 Å². The zero-order valence-electron chi connectivity index (χ0n) is 12.9. The van der Waals surface area contributed by atoms with E-state index in [1.54, 1.807) is 12.1 Å². The maximum Gasteiger partial charge on any atom is 0.305 e. The van der Waals surface area contributed by atoms with Gasteiger partial charge in [-0.1, -0.05) is 48.0 Å². The van der Waals surface area contributed by atoms with Crippen molar-refractivity contribution in [1.29, 1.82) is 0 Å². The molecule has 0 aromatic heterocycles. The van der Waals surface area contributed by atoms with Crippen LogP contribution in [0.3, 0.4) is 0 Å². The van der Waals surface area contributed by atoms with Crippen LogP contribution in [0.1, 0.15) is 23.6 Å². The first-order chi connectivity index (χ1) is 11.0. The number of carboxylic acid groups (broad SMARTS) is 1. The first-order valence-electron chi connectivity index (χ1n) is 7.30. The Morgan fingerprint density at radius 3 is 2.35 bits per heavy atom. The largest absolute Gasteiger partial charge is 0.484 e. The molecule has 0 spiro atoms. The van der Waals surface area contributed by atoms with Gasteiger partial charge in [-0.05, 0) is 24.6 Å². The molecule has 0 radical (unpaired) electrons. The lowest BCUT2D eigenvalue weighted by atomic mass is 10.0. The average molecular weight is 313 g/mol. The Bertz CT molecular complexity index is 652. The smallest absolute Gasteiger partial charge is 0.305 e. The average Bonchev–Trinajstić information content (AvgIpc) is 2.53. The van der Waals surface area contributed by atoms with Gasteiger partial charge in [0.1, 0.15) is 5.75 Å². The van der Waals surface area contributed by atoms with Crippen molar-refractivity contribution in [2.45, 2.75) is 19.4 Å². The van der Waals surface area contributed by atoms with Crippen molar-refractivity contribution in [3.63, 3.8) is 0 Å². The van der Waals surface area contributed by atoms with E-state index in [0.717, 1.165) is 11.1 Å². The van der Waals surface area contributed by atoms with E-state index in [4.69, 9.17) is 9.84 Å². The van der Waals surface area contributed by atoms with Crippen LogP contribution in [0.2, 0.25) is 0 Å². The summed E-state index contributed by atoms with van der Waals surface area (Å²) in [5, 5.41) is 11.7. The number of carbonyl (C=O) groups excluding carboxylic acids is 1. The Kier molecular flexibility index (Phi) is 5.74. The predicted molar refractivity (Wildman–Crippen MR) is 86.3 cm³/mol. The van der Waals surface area contributed by atoms with E-state index in [1.807, 2.05) is 49.4 Å². The zero-order chi connectivity index (χ0) is 16.7. The molecule has 0 aliphatic rings. The van der Waals surface area contributed by atoms with Crippen LogP contribution in [0.4, 0.5) is 0 Å². The van der Waals surface area contributed by atoms with Gasteiger partial charge < -0.3 is 15.2 Å². The zero-order valence-corrected chi connectivity index (χ0v) is 12.9. The molecule has 0 heterocycles. The number of aliphatic carboxylic acids is 1. The molecule has 5 nitrogen and oxygen atoms in total. The number of amides is 1. The van der Waals surface area contributed by atoms with E-state index in [-0.39, 0.29) is 18.9 Å². The van der Waals surface area contributed by atoms with Gasteiger partial charge in [0.15, 0.2) is 6.61 Å². The highest BCUT2D eigenvalue weighted by atomic mass is 16.5. The number of ether oxygens (including phenoxy) is 1. The van der Waals surface area contributed by atoms with Crippen LogP contribution in [0.15, 0.2) is 54.6 Å². The maximum atomic E-state index is 12.0. The molecule has 0 fully saturated rings. The van der Waals surface area contributed by atoms with Crippen molar-refractivity contribution in [1.82, 2.24) is 5.32 Å². The second kappa shape index (κ2) is 7.98. The summed E-state index contributed by atoms with van der Waals surface area (Å²) in [6.07, 6.45) is -0.180. The molecule has 2 aromatic rings. The number of hydrogen-bond acceptors (Lipinski definition) is 3. The van der Waals surface area contributed by atoms with Crippen molar-refractivity contribution in [2.24, 2.45) is 0 Å². The van der Waals surface area contributed by atoms with Gasteiger partial charge in [-0.2, -0.15) is 0 Å². The molecule has 0 bridgehead atoms. The fourth-order valence-electron chi connectivity index (χ4n) is 2.13. The van der Waals surface area contributed by atoms with Crippen LogP contribution < -0.4 is 10.1 Å². The molecule has 0 aliphatic heterocycles. The molecule has 120 valence electrons. The van der Waals surface area contributed by atoms with Gasteiger partial charge in [-0.15, -0.1) is 0 Å². The van der Waals surface area contributed by atoms with Crippen molar-refractivity contribution >= 4 is 11.9 Å². The third kappa shape index (κ3) is 5.47. The molecule has 23 heavy (non-hydrogen) atoms. The van der Waals surface area contributed by atoms with Crippen LogP contribution in [0.5, 0.6) is 5.75 Å². The predicted octanol–water partition coefficient (Wildman–Crippen LogP) is 2.71. The van der Waals surface area contributed by atoms with Crippen LogP contribution in [-0.2, 0) is 9.59 Å². The highest BCUT2D eigenvalue weighted by Gasteiger charge is 2.18. The van der Waals surface area contributed by atoms with Gasteiger partial charge >= 0.3 is 5.97 Å². The normalized spacial score (nSPS) is 11.5. The standard InChI is InChI=1S/C18H19NO4/c1-13-7-9-14(10-8-13)16(11-18(21)22)19-17(20)12-23-15-5-3-2-4-6-15/h2-10,16H,11-12H2,1H3,(H,19,20)(H,21,22)/t16-/m1/s1. The highest BCUT2D eigenvalue weighted by Crippen LogP contribution is 2.17. The molecule has 2 N–H and O–H groups in total. The Balaban J connectivity index is 1.98. The third-order valence-corrected chi connectivity index (χ3v) is 3.31. The summed E-state index contributed by atoms with van der Waals surface area (Å²) in [5.41, 5.74) is 1.83. The van der Waals surface area contributed by atoms with E-state index < -0.39 is 12.0 Å². The summed E-state index contributed by atoms with van der Waals surface area (Å²) in [6, 6.07) is 15.8. The van der Waals surface area contributed by atoms with E-state index in [1.165, 1.54) is 0 Å². The molecule has 0 unspecified atom stereocenters. The van der Waals surface area contributed by atoms with E-state index in [0.29, 0.717) is 5.75 Å². The first kappa shape index (κ1) is 16.5. The second-order valence-electron chi connectivity index (χ2n) is 5.23. The molecule has 0 saturated carbocycles. The van der Waals surface area contributed by atoms with Gasteiger partial charge in [0, 0.05) is 0 Å². The van der Waals surface area contributed by atoms with E-state index >= 15 is 0 Å². The Morgan fingerprint density at radius 2 is 1.74 bits per heavy atom. The fraction of sp³-hybridized carbons (Fsp3) is 0.222. The second-order valence-corrected chi connectivity index (χ2v) is 5.23. The van der Waals surface area contributed by atoms with Crippen LogP contribution in [-0.4, -0.2) is 23.6 Å². The molecule has 1 amide bonds. The Labute approximate surface area is 134 Å². The van der Waals surface area contributed by atoms with Crippen molar-refractivity contribution in [3.8, 4) is 5.75 Å². The lowest BCUT2D eigenvalue weighted by Crippen LogP contribution is -2.33. The molecule has 1 atom stereocenters. The lowest BCUT2D eigenvalue weighted by molar-refractivity contribution is -0.137. The van der Waals surface area contributed by atoms with Crippen molar-refractivity contribution in [2.75, 3.05) is 6.61 Å². The summed E-state index contributed by atoms with van der Waals surface area (Å²) in [7, 11) is 0. The van der Waals surface area contributed by atoms with Crippen LogP contribution in [0, 0.1) is 6.92 Å². The van der Waals surface area contributed by atoms with E-state index in [9.17, 15) is 9.59 Å². The minimum Gasteiger partial charge on any atom is -0.484 e. The summed E-state index contributed by atoms with van der Waals surface area (Å²) >= 11 is 0. The minimum absolute atomic E-state index is 0.161. The quantitative estimate of drug-likeness (QED) is 0.824. The van der Waals surface area contributed by atoms with Crippen LogP contribution in [0.25, 0.3) is 0 Å². The number of rotatable bonds is 7. The monoisotopic (exact) mass is 313 g/mol. The molecule has 2 aromatic carbocycles. The lowest BCUT2D eigenvalue weighted by Gasteiger charge is -2.18. The number of carbonyl (C=O) groups is 2. The number of aryl methyl sites for hydroxylation is 1. The number of benzene rings is 2.